The molecule has 2 amide bonds. The van der Waals surface area contributed by atoms with E-state index in [1.807, 2.05) is 16.7 Å². The van der Waals surface area contributed by atoms with E-state index in [1.54, 1.807) is 12.1 Å². The minimum absolute atomic E-state index is 0.161. The molecule has 2 N–H and O–H groups in total. The summed E-state index contributed by atoms with van der Waals surface area (Å²) in [6.07, 6.45) is 5.63. The molecule has 1 aromatic rings. The number of benzene rings is 1. The third-order valence-corrected chi connectivity index (χ3v) is 7.22. The largest absolute Gasteiger partial charge is 0.412 e. The molecule has 1 unspecified atom stereocenters. The summed E-state index contributed by atoms with van der Waals surface area (Å²) < 4.78 is 20.1. The lowest BCUT2D eigenvalue weighted by Crippen LogP contribution is -2.50. The molecule has 2 aliphatic heterocycles. The van der Waals surface area contributed by atoms with Crippen molar-refractivity contribution in [3.63, 3.8) is 0 Å². The number of anilines is 1. The molecular formula is C24H34FN3O4. The Hall–Kier alpha value is -2.35. The Kier molecular flexibility index (Phi) is 6.88. The standard InChI is InChI=1S/C24H34FN3O4/c1-2-12-26-23(31)32-19-8-9-21(20(25)15-19)27-13-3-10-24(16-27)11-14-28(22(24)30)17-4-6-18(29)7-5-17/h8-9,15,17-18,29H,2-7,10-14,16H2,1H3,(H,26,31). The van der Waals surface area contributed by atoms with Crippen molar-refractivity contribution in [1.82, 2.24) is 10.2 Å². The number of carbonyl (C=O) groups excluding carboxylic acids is 2. The van der Waals surface area contributed by atoms with Crippen LogP contribution in [0.25, 0.3) is 0 Å². The molecule has 2 heterocycles. The van der Waals surface area contributed by atoms with Crippen LogP contribution in [-0.2, 0) is 4.79 Å². The molecule has 0 aromatic heterocycles. The fourth-order valence-corrected chi connectivity index (χ4v) is 5.46. The number of likely N-dealkylation sites (tertiary alicyclic amines) is 1. The second kappa shape index (κ2) is 9.65. The third kappa shape index (κ3) is 4.70. The first-order valence-electron chi connectivity index (χ1n) is 11.9. The van der Waals surface area contributed by atoms with Gasteiger partial charge in [0.1, 0.15) is 11.6 Å². The molecule has 0 bridgehead atoms. The third-order valence-electron chi connectivity index (χ3n) is 7.22. The van der Waals surface area contributed by atoms with Crippen LogP contribution in [0.5, 0.6) is 5.75 Å². The molecule has 3 aliphatic rings. The SMILES string of the molecule is CCCNC(=O)Oc1ccc(N2CCCC3(CCN(C4CCC(O)CC4)C3=O)C2)c(F)c1. The number of aliphatic hydroxyl groups excluding tert-OH is 1. The second-order valence-electron chi connectivity index (χ2n) is 9.45. The first-order chi connectivity index (χ1) is 15.4. The van der Waals surface area contributed by atoms with Crippen molar-refractivity contribution >= 4 is 17.7 Å². The van der Waals surface area contributed by atoms with E-state index in [0.717, 1.165) is 57.9 Å². The van der Waals surface area contributed by atoms with Crippen LogP contribution in [0, 0.1) is 11.2 Å². The molecule has 1 aromatic carbocycles. The highest BCUT2D eigenvalue weighted by molar-refractivity contribution is 5.86. The van der Waals surface area contributed by atoms with Crippen LogP contribution in [-0.4, -0.2) is 60.3 Å². The van der Waals surface area contributed by atoms with E-state index < -0.39 is 17.3 Å². The van der Waals surface area contributed by atoms with Crippen molar-refractivity contribution in [3.05, 3.63) is 24.0 Å². The number of hydrogen-bond acceptors (Lipinski definition) is 5. The Morgan fingerprint density at radius 3 is 2.75 bits per heavy atom. The molecule has 2 saturated heterocycles. The van der Waals surface area contributed by atoms with Crippen molar-refractivity contribution in [2.24, 2.45) is 5.41 Å². The van der Waals surface area contributed by atoms with Crippen LogP contribution < -0.4 is 15.0 Å². The van der Waals surface area contributed by atoms with E-state index in [2.05, 4.69) is 5.32 Å². The Bertz CT molecular complexity index is 843. The molecule has 0 radical (unpaired) electrons. The smallest absolute Gasteiger partial charge is 0.410 e. The average molecular weight is 448 g/mol. The predicted octanol–water partition coefficient (Wildman–Crippen LogP) is 3.45. The Morgan fingerprint density at radius 1 is 1.25 bits per heavy atom. The summed E-state index contributed by atoms with van der Waals surface area (Å²) >= 11 is 0. The van der Waals surface area contributed by atoms with Gasteiger partial charge < -0.3 is 25.0 Å². The van der Waals surface area contributed by atoms with Gasteiger partial charge in [0.2, 0.25) is 5.91 Å². The van der Waals surface area contributed by atoms with Crippen LogP contribution in [0.1, 0.15) is 58.3 Å². The van der Waals surface area contributed by atoms with Crippen molar-refractivity contribution in [2.75, 3.05) is 31.1 Å². The number of amides is 2. The fourth-order valence-electron chi connectivity index (χ4n) is 5.46. The van der Waals surface area contributed by atoms with E-state index in [1.165, 1.54) is 6.07 Å². The molecule has 1 atom stereocenters. The fraction of sp³-hybridized carbons (Fsp3) is 0.667. The summed E-state index contributed by atoms with van der Waals surface area (Å²) in [6, 6.07) is 4.68. The number of nitrogens with zero attached hydrogens (tertiary/aromatic N) is 2. The van der Waals surface area contributed by atoms with Gasteiger partial charge in [-0.15, -0.1) is 0 Å². The first kappa shape index (κ1) is 22.8. The van der Waals surface area contributed by atoms with Gasteiger partial charge in [0.25, 0.3) is 0 Å². The Balaban J connectivity index is 1.42. The molecule has 1 spiro atoms. The molecule has 176 valence electrons. The van der Waals surface area contributed by atoms with Crippen LogP contribution >= 0.6 is 0 Å². The number of ether oxygens (including phenoxy) is 1. The summed E-state index contributed by atoms with van der Waals surface area (Å²) in [4.78, 5) is 29.2. The van der Waals surface area contributed by atoms with Gasteiger partial charge in [0.05, 0.1) is 17.2 Å². The highest BCUT2D eigenvalue weighted by Crippen LogP contribution is 2.44. The van der Waals surface area contributed by atoms with Crippen LogP contribution in [0.4, 0.5) is 14.9 Å². The maximum absolute atomic E-state index is 14.9. The normalized spacial score (nSPS) is 28.3. The van der Waals surface area contributed by atoms with E-state index >= 15 is 0 Å². The van der Waals surface area contributed by atoms with Gasteiger partial charge in [-0.1, -0.05) is 6.92 Å². The summed E-state index contributed by atoms with van der Waals surface area (Å²) in [5, 5.41) is 12.4. The lowest BCUT2D eigenvalue weighted by atomic mass is 9.78. The molecular weight excluding hydrogens is 413 g/mol. The topological polar surface area (TPSA) is 82.1 Å². The number of aliphatic hydroxyl groups is 1. The summed E-state index contributed by atoms with van der Waals surface area (Å²) in [7, 11) is 0. The summed E-state index contributed by atoms with van der Waals surface area (Å²) in [5.74, 6) is -0.0999. The molecule has 7 nitrogen and oxygen atoms in total. The number of hydrogen-bond donors (Lipinski definition) is 2. The van der Waals surface area contributed by atoms with Crippen LogP contribution in [0.3, 0.4) is 0 Å². The van der Waals surface area contributed by atoms with Gasteiger partial charge in [0, 0.05) is 38.3 Å². The minimum Gasteiger partial charge on any atom is -0.410 e. The lowest BCUT2D eigenvalue weighted by Gasteiger charge is -2.41. The number of rotatable bonds is 5. The van der Waals surface area contributed by atoms with Crippen LogP contribution in [0.2, 0.25) is 0 Å². The molecule has 8 heteroatoms. The zero-order valence-electron chi connectivity index (χ0n) is 18.8. The highest BCUT2D eigenvalue weighted by Gasteiger charge is 2.50. The van der Waals surface area contributed by atoms with E-state index in [0.29, 0.717) is 25.3 Å². The van der Waals surface area contributed by atoms with Crippen molar-refractivity contribution in [2.45, 2.75) is 70.4 Å². The van der Waals surface area contributed by atoms with Gasteiger partial charge in [-0.2, -0.15) is 0 Å². The van der Waals surface area contributed by atoms with Gasteiger partial charge in [0.15, 0.2) is 0 Å². The van der Waals surface area contributed by atoms with Gasteiger partial charge in [-0.25, -0.2) is 9.18 Å². The minimum atomic E-state index is -0.595. The van der Waals surface area contributed by atoms with Crippen molar-refractivity contribution in [1.29, 1.82) is 0 Å². The van der Waals surface area contributed by atoms with Gasteiger partial charge in [-0.3, -0.25) is 4.79 Å². The number of carbonyl (C=O) groups is 2. The Morgan fingerprint density at radius 2 is 2.03 bits per heavy atom. The van der Waals surface area contributed by atoms with E-state index in [-0.39, 0.29) is 23.8 Å². The van der Waals surface area contributed by atoms with E-state index in [9.17, 15) is 19.1 Å². The molecule has 4 rings (SSSR count). The maximum Gasteiger partial charge on any atom is 0.412 e. The van der Waals surface area contributed by atoms with Crippen LogP contribution in [0.15, 0.2) is 18.2 Å². The predicted molar refractivity (Wildman–Crippen MR) is 119 cm³/mol. The molecule has 1 saturated carbocycles. The molecule has 3 fully saturated rings. The quantitative estimate of drug-likeness (QED) is 0.723. The number of nitrogens with one attached hydrogen (secondary N) is 1. The van der Waals surface area contributed by atoms with Crippen molar-refractivity contribution in [3.8, 4) is 5.75 Å². The summed E-state index contributed by atoms with van der Waals surface area (Å²) in [5.41, 5.74) is -0.0203. The zero-order valence-corrected chi connectivity index (χ0v) is 18.8. The Labute approximate surface area is 188 Å². The number of halogens is 1. The van der Waals surface area contributed by atoms with Gasteiger partial charge >= 0.3 is 6.09 Å². The lowest BCUT2D eigenvalue weighted by molar-refractivity contribution is -0.139. The molecule has 32 heavy (non-hydrogen) atoms. The number of piperidine rings is 1. The first-order valence-corrected chi connectivity index (χ1v) is 11.9. The highest BCUT2D eigenvalue weighted by atomic mass is 19.1. The van der Waals surface area contributed by atoms with Crippen molar-refractivity contribution < 1.29 is 23.8 Å². The van der Waals surface area contributed by atoms with E-state index in [4.69, 9.17) is 4.74 Å². The molecule has 1 aliphatic carbocycles. The maximum atomic E-state index is 14.9. The van der Waals surface area contributed by atoms with Gasteiger partial charge in [-0.05, 0) is 63.5 Å². The summed E-state index contributed by atoms with van der Waals surface area (Å²) in [6.45, 7) is 4.38. The monoisotopic (exact) mass is 447 g/mol. The zero-order chi connectivity index (χ0) is 22.7. The average Bonchev–Trinajstić information content (AvgIpc) is 3.08. The second-order valence-corrected chi connectivity index (χ2v) is 9.45.